The van der Waals surface area contributed by atoms with Crippen LogP contribution in [0.5, 0.6) is 0 Å². The molecule has 2 aromatic carbocycles. The van der Waals surface area contributed by atoms with E-state index < -0.39 is 0 Å². The van der Waals surface area contributed by atoms with Crippen molar-refractivity contribution in [2.45, 2.75) is 0 Å². The molecule has 0 saturated heterocycles. The van der Waals surface area contributed by atoms with Crippen LogP contribution in [0.25, 0.3) is 12.2 Å². The molecule has 0 heterocycles. The van der Waals surface area contributed by atoms with Crippen LogP contribution >= 0.6 is 0 Å². The number of rotatable bonds is 3. The number of nitrogen functional groups attached to an aromatic ring is 2. The normalized spacial score (nSPS) is 11.3. The van der Waals surface area contributed by atoms with Gasteiger partial charge in [-0.15, -0.1) is 0 Å². The molecule has 0 saturated carbocycles. The summed E-state index contributed by atoms with van der Waals surface area (Å²) in [4.78, 5) is 0. The van der Waals surface area contributed by atoms with Crippen molar-refractivity contribution in [2.24, 2.45) is 0 Å². The molecular weight excluding hydrogens is 220 g/mol. The van der Waals surface area contributed by atoms with Gasteiger partial charge in [-0.1, -0.05) is 48.6 Å². The maximum atomic E-state index is 5.70. The SMILES string of the molecule is Nc1cccc(C=CC=Cc2cccc(N)c2)c1. The number of anilines is 2. The Morgan fingerprint density at radius 1 is 0.667 bits per heavy atom. The summed E-state index contributed by atoms with van der Waals surface area (Å²) in [5.74, 6) is 0. The second-order valence-electron chi connectivity index (χ2n) is 4.06. The van der Waals surface area contributed by atoms with E-state index in [0.717, 1.165) is 22.5 Å². The van der Waals surface area contributed by atoms with Crippen LogP contribution in [0.1, 0.15) is 11.1 Å². The lowest BCUT2D eigenvalue weighted by Gasteiger charge is -1.95. The fourth-order valence-corrected chi connectivity index (χ4v) is 1.66. The van der Waals surface area contributed by atoms with E-state index in [4.69, 9.17) is 11.5 Å². The Labute approximate surface area is 107 Å². The second-order valence-corrected chi connectivity index (χ2v) is 4.06. The van der Waals surface area contributed by atoms with Crippen LogP contribution in [0.3, 0.4) is 0 Å². The highest BCUT2D eigenvalue weighted by Crippen LogP contribution is 2.10. The van der Waals surface area contributed by atoms with Gasteiger partial charge in [0.05, 0.1) is 0 Å². The van der Waals surface area contributed by atoms with Crippen LogP contribution in [0, 0.1) is 0 Å². The minimum absolute atomic E-state index is 0.775. The number of benzene rings is 2. The molecule has 2 nitrogen and oxygen atoms in total. The molecule has 18 heavy (non-hydrogen) atoms. The molecule has 0 aliphatic rings. The van der Waals surface area contributed by atoms with E-state index >= 15 is 0 Å². The molecule has 2 heteroatoms. The first-order valence-electron chi connectivity index (χ1n) is 5.80. The molecule has 0 aromatic heterocycles. The molecule has 0 atom stereocenters. The monoisotopic (exact) mass is 236 g/mol. The molecule has 0 spiro atoms. The predicted molar refractivity (Wildman–Crippen MR) is 79.8 cm³/mol. The number of hydrogen-bond acceptors (Lipinski definition) is 2. The van der Waals surface area contributed by atoms with E-state index in [1.54, 1.807) is 0 Å². The molecule has 0 unspecified atom stereocenters. The Kier molecular flexibility index (Phi) is 3.82. The van der Waals surface area contributed by atoms with Gasteiger partial charge in [0.25, 0.3) is 0 Å². The van der Waals surface area contributed by atoms with Gasteiger partial charge >= 0.3 is 0 Å². The van der Waals surface area contributed by atoms with E-state index in [2.05, 4.69) is 0 Å². The third-order valence-electron chi connectivity index (χ3n) is 2.51. The lowest BCUT2D eigenvalue weighted by atomic mass is 10.1. The summed E-state index contributed by atoms with van der Waals surface area (Å²) in [6.45, 7) is 0. The number of allylic oxidation sites excluding steroid dienone is 2. The first-order chi connectivity index (χ1) is 8.74. The first-order valence-corrected chi connectivity index (χ1v) is 5.80. The minimum Gasteiger partial charge on any atom is -0.399 e. The van der Waals surface area contributed by atoms with Gasteiger partial charge in [0.15, 0.2) is 0 Å². The van der Waals surface area contributed by atoms with Gasteiger partial charge in [-0.3, -0.25) is 0 Å². The zero-order valence-electron chi connectivity index (χ0n) is 10.1. The fourth-order valence-electron chi connectivity index (χ4n) is 1.66. The average molecular weight is 236 g/mol. The quantitative estimate of drug-likeness (QED) is 0.632. The Hall–Kier alpha value is -2.48. The molecule has 0 aliphatic heterocycles. The van der Waals surface area contributed by atoms with Crippen molar-refractivity contribution in [1.82, 2.24) is 0 Å². The Morgan fingerprint density at radius 3 is 1.50 bits per heavy atom. The van der Waals surface area contributed by atoms with Crippen LogP contribution in [0.15, 0.2) is 60.7 Å². The van der Waals surface area contributed by atoms with Gasteiger partial charge in [0, 0.05) is 11.4 Å². The highest BCUT2D eigenvalue weighted by Gasteiger charge is 1.87. The third-order valence-corrected chi connectivity index (χ3v) is 2.51. The molecule has 0 radical (unpaired) electrons. The van der Waals surface area contributed by atoms with Crippen LogP contribution < -0.4 is 11.5 Å². The van der Waals surface area contributed by atoms with Crippen LogP contribution in [-0.4, -0.2) is 0 Å². The van der Waals surface area contributed by atoms with E-state index in [9.17, 15) is 0 Å². The average Bonchev–Trinajstić information content (AvgIpc) is 2.35. The van der Waals surface area contributed by atoms with Crippen LogP contribution in [0.2, 0.25) is 0 Å². The molecular formula is C16H16N2. The van der Waals surface area contributed by atoms with Crippen molar-refractivity contribution in [3.8, 4) is 0 Å². The molecule has 2 aromatic rings. The number of hydrogen-bond donors (Lipinski definition) is 2. The standard InChI is InChI=1S/C16H16N2/c17-15-9-3-7-13(11-15)5-1-2-6-14-8-4-10-16(18)12-14/h1-12H,17-18H2. The van der Waals surface area contributed by atoms with Crippen molar-refractivity contribution in [3.63, 3.8) is 0 Å². The Morgan fingerprint density at radius 2 is 1.11 bits per heavy atom. The molecule has 2 rings (SSSR count). The summed E-state index contributed by atoms with van der Waals surface area (Å²) in [5.41, 5.74) is 15.1. The Balaban J connectivity index is 2.03. The zero-order valence-corrected chi connectivity index (χ0v) is 10.1. The summed E-state index contributed by atoms with van der Waals surface area (Å²) in [6.07, 6.45) is 7.99. The molecule has 0 aliphatic carbocycles. The van der Waals surface area contributed by atoms with Crippen LogP contribution in [0.4, 0.5) is 11.4 Å². The van der Waals surface area contributed by atoms with Crippen molar-refractivity contribution in [2.75, 3.05) is 11.5 Å². The zero-order chi connectivity index (χ0) is 12.8. The van der Waals surface area contributed by atoms with Gasteiger partial charge in [-0.05, 0) is 35.4 Å². The van der Waals surface area contributed by atoms with Gasteiger partial charge in [0.2, 0.25) is 0 Å². The van der Waals surface area contributed by atoms with Crippen molar-refractivity contribution in [1.29, 1.82) is 0 Å². The molecule has 0 amide bonds. The van der Waals surface area contributed by atoms with E-state index in [-0.39, 0.29) is 0 Å². The van der Waals surface area contributed by atoms with E-state index in [1.165, 1.54) is 0 Å². The van der Waals surface area contributed by atoms with E-state index in [0.29, 0.717) is 0 Å². The first kappa shape index (κ1) is 12.0. The van der Waals surface area contributed by atoms with Crippen LogP contribution in [-0.2, 0) is 0 Å². The maximum absolute atomic E-state index is 5.70. The predicted octanol–water partition coefficient (Wildman–Crippen LogP) is 3.58. The van der Waals surface area contributed by atoms with Gasteiger partial charge in [-0.2, -0.15) is 0 Å². The maximum Gasteiger partial charge on any atom is 0.0319 e. The van der Waals surface area contributed by atoms with Crippen molar-refractivity contribution < 1.29 is 0 Å². The smallest absolute Gasteiger partial charge is 0.0319 e. The summed E-state index contributed by atoms with van der Waals surface area (Å²) in [6, 6.07) is 15.5. The van der Waals surface area contributed by atoms with E-state index in [1.807, 2.05) is 72.8 Å². The lowest BCUT2D eigenvalue weighted by Crippen LogP contribution is -1.83. The molecule has 0 fully saturated rings. The summed E-state index contributed by atoms with van der Waals surface area (Å²) < 4.78 is 0. The molecule has 90 valence electrons. The number of nitrogens with two attached hydrogens (primary N) is 2. The highest BCUT2D eigenvalue weighted by atomic mass is 14.5. The second kappa shape index (κ2) is 5.73. The molecule has 0 bridgehead atoms. The van der Waals surface area contributed by atoms with Gasteiger partial charge in [0.1, 0.15) is 0 Å². The summed E-state index contributed by atoms with van der Waals surface area (Å²) in [5, 5.41) is 0. The fraction of sp³-hybridized carbons (Fsp3) is 0. The van der Waals surface area contributed by atoms with Crippen molar-refractivity contribution >= 4 is 23.5 Å². The largest absolute Gasteiger partial charge is 0.399 e. The molecule has 4 N–H and O–H groups in total. The van der Waals surface area contributed by atoms with Gasteiger partial charge < -0.3 is 11.5 Å². The van der Waals surface area contributed by atoms with Gasteiger partial charge in [-0.25, -0.2) is 0 Å². The summed E-state index contributed by atoms with van der Waals surface area (Å²) >= 11 is 0. The highest BCUT2D eigenvalue weighted by molar-refractivity contribution is 5.61. The minimum atomic E-state index is 0.775. The van der Waals surface area contributed by atoms with Crippen molar-refractivity contribution in [3.05, 3.63) is 71.8 Å². The third kappa shape index (κ3) is 3.52. The summed E-state index contributed by atoms with van der Waals surface area (Å²) in [7, 11) is 0. The topological polar surface area (TPSA) is 52.0 Å². The Bertz CT molecular complexity index is 530. The lowest BCUT2D eigenvalue weighted by molar-refractivity contribution is 1.64.